The summed E-state index contributed by atoms with van der Waals surface area (Å²) in [5, 5.41) is 10.9. The van der Waals surface area contributed by atoms with E-state index < -0.39 is 0 Å². The van der Waals surface area contributed by atoms with Crippen LogP contribution in [-0.2, 0) is 0 Å². The quantitative estimate of drug-likeness (QED) is 0.314. The van der Waals surface area contributed by atoms with E-state index in [9.17, 15) is 0 Å². The Kier molecular flexibility index (Phi) is 8.64. The Balaban J connectivity index is 1.28. The molecule has 2 saturated carbocycles. The first-order valence-corrected chi connectivity index (χ1v) is 14.2. The van der Waals surface area contributed by atoms with Crippen LogP contribution in [0.2, 0.25) is 5.02 Å². The van der Waals surface area contributed by atoms with Crippen LogP contribution in [0.25, 0.3) is 0 Å². The number of hydrogen-bond donors (Lipinski definition) is 3. The van der Waals surface area contributed by atoms with E-state index in [1.54, 1.807) is 0 Å². The number of nitrogens with one attached hydrogen (secondary N) is 3. The molecular formula is C27H40ClN7O. The molecule has 1 aromatic heterocycles. The highest BCUT2D eigenvalue weighted by molar-refractivity contribution is 6.32. The van der Waals surface area contributed by atoms with Gasteiger partial charge in [0.05, 0.1) is 11.1 Å². The number of likely N-dealkylation sites (tertiary alicyclic amines) is 1. The number of benzene rings is 1. The molecule has 8 nitrogen and oxygen atoms in total. The van der Waals surface area contributed by atoms with E-state index >= 15 is 0 Å². The molecule has 0 spiro atoms. The average molecular weight is 514 g/mol. The average Bonchev–Trinajstić information content (AvgIpc) is 3.60. The summed E-state index contributed by atoms with van der Waals surface area (Å²) in [5.74, 6) is 3.12. The second kappa shape index (κ2) is 12.3. The highest BCUT2D eigenvalue weighted by Crippen LogP contribution is 2.34. The van der Waals surface area contributed by atoms with Crippen molar-refractivity contribution in [3.05, 3.63) is 23.2 Å². The molecule has 196 valence electrons. The minimum Gasteiger partial charge on any atom is -0.489 e. The van der Waals surface area contributed by atoms with Gasteiger partial charge in [-0.3, -0.25) is 4.90 Å². The maximum absolute atomic E-state index is 6.48. The number of aromatic nitrogens is 3. The third kappa shape index (κ3) is 7.13. The predicted octanol–water partition coefficient (Wildman–Crippen LogP) is 6.09. The van der Waals surface area contributed by atoms with E-state index in [1.165, 1.54) is 57.9 Å². The summed E-state index contributed by atoms with van der Waals surface area (Å²) in [7, 11) is 0. The summed E-state index contributed by atoms with van der Waals surface area (Å²) in [6.45, 7) is 6.30. The second-order valence-corrected chi connectivity index (χ2v) is 10.9. The molecule has 0 amide bonds. The normalized spacial score (nSPS) is 20.9. The first kappa shape index (κ1) is 25.3. The summed E-state index contributed by atoms with van der Waals surface area (Å²) in [4.78, 5) is 16.7. The summed E-state index contributed by atoms with van der Waals surface area (Å²) in [5.41, 5.74) is 0.823. The maximum atomic E-state index is 6.48. The molecule has 0 bridgehead atoms. The smallest absolute Gasteiger partial charge is 0.233 e. The van der Waals surface area contributed by atoms with Crippen molar-refractivity contribution in [1.29, 1.82) is 0 Å². The van der Waals surface area contributed by atoms with E-state index in [4.69, 9.17) is 21.3 Å². The fourth-order valence-corrected chi connectivity index (χ4v) is 5.53. The van der Waals surface area contributed by atoms with Crippen LogP contribution in [0.1, 0.15) is 71.1 Å². The second-order valence-electron chi connectivity index (χ2n) is 10.5. The Labute approximate surface area is 220 Å². The topological polar surface area (TPSA) is 87.2 Å². The van der Waals surface area contributed by atoms with Crippen molar-refractivity contribution >= 4 is 35.1 Å². The maximum Gasteiger partial charge on any atom is 0.233 e. The van der Waals surface area contributed by atoms with E-state index in [-0.39, 0.29) is 0 Å². The Morgan fingerprint density at radius 1 is 0.917 bits per heavy atom. The fourth-order valence-electron chi connectivity index (χ4n) is 5.30. The van der Waals surface area contributed by atoms with Gasteiger partial charge in [0.15, 0.2) is 0 Å². The lowest BCUT2D eigenvalue weighted by atomic mass is 9.89. The van der Waals surface area contributed by atoms with Crippen molar-refractivity contribution in [2.24, 2.45) is 5.92 Å². The molecule has 0 radical (unpaired) electrons. The van der Waals surface area contributed by atoms with Crippen molar-refractivity contribution in [2.75, 3.05) is 42.1 Å². The number of anilines is 4. The zero-order valence-corrected chi connectivity index (χ0v) is 22.2. The Bertz CT molecular complexity index is 996. The third-order valence-corrected chi connectivity index (χ3v) is 7.72. The first-order valence-electron chi connectivity index (χ1n) is 13.9. The lowest BCUT2D eigenvalue weighted by Gasteiger charge is -2.24. The van der Waals surface area contributed by atoms with Crippen molar-refractivity contribution in [3.63, 3.8) is 0 Å². The SMILES string of the molecule is CCCN1CCCC1CNc1nc(NCC2CCCCC2)nc(Nc2ccc(OC3CC3)c(Cl)c2)n1. The van der Waals surface area contributed by atoms with Gasteiger partial charge < -0.3 is 20.7 Å². The molecule has 3 N–H and O–H groups in total. The van der Waals surface area contributed by atoms with Gasteiger partial charge in [0, 0.05) is 24.8 Å². The predicted molar refractivity (Wildman–Crippen MR) is 147 cm³/mol. The van der Waals surface area contributed by atoms with E-state index in [0.29, 0.717) is 40.9 Å². The van der Waals surface area contributed by atoms with Crippen molar-refractivity contribution in [2.45, 2.75) is 83.3 Å². The molecule has 1 unspecified atom stereocenters. The number of rotatable bonds is 12. The Hall–Kier alpha value is -2.32. The molecule has 1 aliphatic heterocycles. The standard InChI is InChI=1S/C27H40ClN7O/c1-2-14-35-15-6-9-21(35)18-30-26-32-25(29-17-19-7-4-3-5-8-19)33-27(34-26)31-20-10-13-24(23(28)16-20)36-22-11-12-22/h10,13,16,19,21-22H,2-9,11-12,14-15,17-18H2,1H3,(H3,29,30,31,32,33,34). The van der Waals surface area contributed by atoms with Gasteiger partial charge in [-0.2, -0.15) is 15.0 Å². The van der Waals surface area contributed by atoms with Crippen LogP contribution in [0.5, 0.6) is 5.75 Å². The van der Waals surface area contributed by atoms with Crippen LogP contribution >= 0.6 is 11.6 Å². The molecule has 2 aliphatic carbocycles. The lowest BCUT2D eigenvalue weighted by molar-refractivity contribution is 0.263. The zero-order valence-electron chi connectivity index (χ0n) is 21.4. The van der Waals surface area contributed by atoms with Crippen LogP contribution in [0.15, 0.2) is 18.2 Å². The molecule has 3 fully saturated rings. The molecule has 1 atom stereocenters. The van der Waals surface area contributed by atoms with Crippen molar-refractivity contribution < 1.29 is 4.74 Å². The van der Waals surface area contributed by atoms with E-state index in [0.717, 1.165) is 43.9 Å². The fraction of sp³-hybridized carbons (Fsp3) is 0.667. The minimum atomic E-state index is 0.310. The molecule has 5 rings (SSSR count). The third-order valence-electron chi connectivity index (χ3n) is 7.42. The molecule has 1 saturated heterocycles. The van der Waals surface area contributed by atoms with Crippen LogP contribution in [-0.4, -0.2) is 58.2 Å². The summed E-state index contributed by atoms with van der Waals surface area (Å²) < 4.78 is 5.87. The largest absolute Gasteiger partial charge is 0.489 e. The summed E-state index contributed by atoms with van der Waals surface area (Å²) in [6, 6.07) is 6.26. The van der Waals surface area contributed by atoms with Gasteiger partial charge in [0.1, 0.15) is 5.75 Å². The highest BCUT2D eigenvalue weighted by Gasteiger charge is 2.25. The van der Waals surface area contributed by atoms with Crippen LogP contribution < -0.4 is 20.7 Å². The van der Waals surface area contributed by atoms with Gasteiger partial charge in [-0.1, -0.05) is 37.8 Å². The highest BCUT2D eigenvalue weighted by atomic mass is 35.5. The molecule has 36 heavy (non-hydrogen) atoms. The van der Waals surface area contributed by atoms with Crippen LogP contribution in [0.3, 0.4) is 0 Å². The number of hydrogen-bond acceptors (Lipinski definition) is 8. The van der Waals surface area contributed by atoms with Crippen molar-refractivity contribution in [3.8, 4) is 5.75 Å². The monoisotopic (exact) mass is 513 g/mol. The molecule has 2 aromatic rings. The molecule has 9 heteroatoms. The molecule has 3 aliphatic rings. The summed E-state index contributed by atoms with van der Waals surface area (Å²) in [6.07, 6.45) is 12.7. The van der Waals surface area contributed by atoms with Gasteiger partial charge in [-0.25, -0.2) is 0 Å². The summed E-state index contributed by atoms with van der Waals surface area (Å²) >= 11 is 6.48. The minimum absolute atomic E-state index is 0.310. The molecule has 1 aromatic carbocycles. The van der Waals surface area contributed by atoms with Gasteiger partial charge in [-0.15, -0.1) is 0 Å². The number of nitrogens with zero attached hydrogens (tertiary/aromatic N) is 4. The van der Waals surface area contributed by atoms with E-state index in [2.05, 4.69) is 37.7 Å². The first-order chi connectivity index (χ1) is 17.7. The van der Waals surface area contributed by atoms with Crippen LogP contribution in [0, 0.1) is 5.92 Å². The Morgan fingerprint density at radius 2 is 1.67 bits per heavy atom. The van der Waals surface area contributed by atoms with Gasteiger partial charge in [0.25, 0.3) is 0 Å². The van der Waals surface area contributed by atoms with Gasteiger partial charge >= 0.3 is 0 Å². The van der Waals surface area contributed by atoms with Gasteiger partial charge in [-0.05, 0) is 82.2 Å². The van der Waals surface area contributed by atoms with Crippen LogP contribution in [0.4, 0.5) is 23.5 Å². The van der Waals surface area contributed by atoms with E-state index in [1.807, 2.05) is 18.2 Å². The number of ether oxygens (including phenoxy) is 1. The molecule has 2 heterocycles. The molecular weight excluding hydrogens is 474 g/mol. The lowest BCUT2D eigenvalue weighted by Crippen LogP contribution is -2.35. The van der Waals surface area contributed by atoms with Crippen molar-refractivity contribution in [1.82, 2.24) is 19.9 Å². The zero-order chi connectivity index (χ0) is 24.7. The van der Waals surface area contributed by atoms with Gasteiger partial charge in [0.2, 0.25) is 17.8 Å². The Morgan fingerprint density at radius 3 is 2.39 bits per heavy atom. The number of halogens is 1.